The van der Waals surface area contributed by atoms with Crippen molar-refractivity contribution in [3.05, 3.63) is 57.5 Å². The Morgan fingerprint density at radius 1 is 1.05 bits per heavy atom. The summed E-state index contributed by atoms with van der Waals surface area (Å²) in [6, 6.07) is 10.9. The first kappa shape index (κ1) is 42.4. The first-order chi connectivity index (χ1) is 27.7. The van der Waals surface area contributed by atoms with Crippen molar-refractivity contribution >= 4 is 77.1 Å². The number of halogens is 3. The van der Waals surface area contributed by atoms with E-state index in [0.29, 0.717) is 46.1 Å². The summed E-state index contributed by atoms with van der Waals surface area (Å²) >= 11 is 14.7. The molecule has 0 spiro atoms. The van der Waals surface area contributed by atoms with Gasteiger partial charge in [-0.05, 0) is 94.6 Å². The van der Waals surface area contributed by atoms with Crippen LogP contribution in [0.2, 0.25) is 28.2 Å². The maximum Gasteiger partial charge on any atom is 0.410 e. The molecule has 2 bridgehead atoms. The van der Waals surface area contributed by atoms with Gasteiger partial charge in [-0.3, -0.25) is 4.79 Å². The highest BCUT2D eigenvalue weighted by Gasteiger charge is 2.57. The highest BCUT2D eigenvalue weighted by atomic mass is 35.5. The normalized spacial score (nSPS) is 23.3. The third-order valence-electron chi connectivity index (χ3n) is 13.3. The molecule has 59 heavy (non-hydrogen) atoms. The maximum atomic E-state index is 17.6. The lowest BCUT2D eigenvalue weighted by Gasteiger charge is -2.40. The van der Waals surface area contributed by atoms with Crippen molar-refractivity contribution in [2.75, 3.05) is 19.3 Å². The van der Waals surface area contributed by atoms with Gasteiger partial charge in [-0.2, -0.15) is 5.26 Å². The van der Waals surface area contributed by atoms with Gasteiger partial charge in [0.2, 0.25) is 5.91 Å². The Morgan fingerprint density at radius 3 is 2.42 bits per heavy atom. The van der Waals surface area contributed by atoms with Crippen LogP contribution in [0, 0.1) is 29.0 Å². The molecule has 2 aromatic heterocycles. The molecule has 2 amide bonds. The molecule has 2 saturated carbocycles. The fourth-order valence-electron chi connectivity index (χ4n) is 9.30. The molecule has 4 aromatic rings. The Kier molecular flexibility index (Phi) is 10.9. The molecule has 5 atom stereocenters. The van der Waals surface area contributed by atoms with Gasteiger partial charge in [0.15, 0.2) is 14.1 Å². The molecule has 14 heteroatoms. The second-order valence-corrected chi connectivity index (χ2v) is 25.7. The van der Waals surface area contributed by atoms with E-state index >= 15 is 4.39 Å². The number of hydrogen-bond acceptors (Lipinski definition) is 7. The van der Waals surface area contributed by atoms with Crippen LogP contribution in [0.4, 0.5) is 9.18 Å². The smallest absolute Gasteiger partial charge is 0.410 e. The number of benzene rings is 2. The first-order valence-electron chi connectivity index (χ1n) is 20.8. The summed E-state index contributed by atoms with van der Waals surface area (Å²) in [5, 5.41) is 12.4. The Bertz CT molecular complexity index is 2420. The Hall–Kier alpha value is -3.34. The number of rotatable bonds is 9. The summed E-state index contributed by atoms with van der Waals surface area (Å²) in [6.07, 6.45) is 5.08. The standard InChI is InChI=1S/C45H54Cl2FN5O4SSi/c1-44(2,3)56-43(55)52-22-26-19-34(52)39(26)53-33(32-20-27(57-59(8,9)45(4,5)6)23-51(32)42(54)24-15-16-24)21-30-40(53)29-18-25(12-11-17-49)35(28-13-10-14-31(46)36(28)47)37(48)38(29)50-41(30)58-7/h10,13-14,18,21,24,26-27,32,34,39H,11-12,15-16,19-20,22-23H2,1-9H3/t26-,27-,32-,34-,39+/m1/s1. The van der Waals surface area contributed by atoms with Crippen LogP contribution in [0.1, 0.15) is 97.0 Å². The molecule has 0 N–H and O–H groups in total. The average Bonchev–Trinajstić information content (AvgIpc) is 3.43. The Balaban J connectivity index is 1.38. The molecule has 314 valence electrons. The van der Waals surface area contributed by atoms with Crippen molar-refractivity contribution < 1.29 is 23.1 Å². The molecular weight excluding hydrogens is 825 g/mol. The molecule has 2 aromatic carbocycles. The van der Waals surface area contributed by atoms with E-state index in [-0.39, 0.29) is 82.0 Å². The van der Waals surface area contributed by atoms with E-state index in [1.54, 1.807) is 18.2 Å². The zero-order valence-corrected chi connectivity index (χ0v) is 38.7. The first-order valence-corrected chi connectivity index (χ1v) is 25.7. The molecular formula is C45H54Cl2FN5O4SSi. The van der Waals surface area contributed by atoms with Gasteiger partial charge >= 0.3 is 6.09 Å². The zero-order valence-electron chi connectivity index (χ0n) is 35.4. The largest absolute Gasteiger partial charge is 0.444 e. The summed E-state index contributed by atoms with van der Waals surface area (Å²) in [7, 11) is -2.21. The number of aryl methyl sites for hydroxylation is 1. The molecule has 9 nitrogen and oxygen atoms in total. The molecule has 9 rings (SSSR count). The van der Waals surface area contributed by atoms with Gasteiger partial charge < -0.3 is 23.5 Å². The summed E-state index contributed by atoms with van der Waals surface area (Å²) in [6.45, 7) is 17.9. The fourth-order valence-corrected chi connectivity index (χ4v) is 11.6. The van der Waals surface area contributed by atoms with E-state index < -0.39 is 19.7 Å². The van der Waals surface area contributed by atoms with Crippen molar-refractivity contribution in [3.63, 3.8) is 0 Å². The third-order valence-corrected chi connectivity index (χ3v) is 19.3. The third kappa shape index (κ3) is 7.45. The molecule has 5 fully saturated rings. The summed E-state index contributed by atoms with van der Waals surface area (Å²) in [5.74, 6) is -0.265. The number of nitriles is 1. The van der Waals surface area contributed by atoms with Crippen molar-refractivity contribution in [1.29, 1.82) is 5.26 Å². The number of likely N-dealkylation sites (tertiary alicyclic amines) is 1. The van der Waals surface area contributed by atoms with E-state index in [1.807, 2.05) is 38.0 Å². The van der Waals surface area contributed by atoms with Crippen LogP contribution in [0.3, 0.4) is 0 Å². The number of amides is 2. The Morgan fingerprint density at radius 2 is 1.78 bits per heavy atom. The number of pyridine rings is 1. The number of nitrogens with zero attached hydrogens (tertiary/aromatic N) is 5. The lowest BCUT2D eigenvalue weighted by Crippen LogP contribution is -2.45. The van der Waals surface area contributed by atoms with Crippen LogP contribution in [-0.2, 0) is 20.4 Å². The van der Waals surface area contributed by atoms with E-state index in [0.717, 1.165) is 35.9 Å². The van der Waals surface area contributed by atoms with Crippen LogP contribution >= 0.6 is 35.0 Å². The predicted molar refractivity (Wildman–Crippen MR) is 236 cm³/mol. The monoisotopic (exact) mass is 877 g/mol. The lowest BCUT2D eigenvalue weighted by atomic mass is 9.79. The number of carbonyl (C=O) groups is 2. The van der Waals surface area contributed by atoms with E-state index in [1.165, 1.54) is 11.8 Å². The zero-order chi connectivity index (χ0) is 42.5. The highest BCUT2D eigenvalue weighted by Crippen LogP contribution is 2.55. The van der Waals surface area contributed by atoms with Gasteiger partial charge in [0.25, 0.3) is 0 Å². The second kappa shape index (κ2) is 15.2. The minimum Gasteiger partial charge on any atom is -0.444 e. The van der Waals surface area contributed by atoms with Gasteiger partial charge in [0.05, 0.1) is 45.9 Å². The fraction of sp³-hybridized carbons (Fsp3) is 0.556. The number of fused-ring (bicyclic) bond motifs is 4. The van der Waals surface area contributed by atoms with Gasteiger partial charge in [0.1, 0.15) is 16.1 Å². The van der Waals surface area contributed by atoms with Gasteiger partial charge in [-0.15, -0.1) is 11.8 Å². The van der Waals surface area contributed by atoms with Crippen LogP contribution < -0.4 is 0 Å². The molecule has 3 saturated heterocycles. The molecule has 0 radical (unpaired) electrons. The van der Waals surface area contributed by atoms with Crippen LogP contribution in [0.25, 0.3) is 32.9 Å². The van der Waals surface area contributed by atoms with Crippen LogP contribution in [-0.4, -0.2) is 76.8 Å². The number of aromatic nitrogens is 2. The van der Waals surface area contributed by atoms with Crippen LogP contribution in [0.15, 0.2) is 35.4 Å². The quantitative estimate of drug-likeness (QED) is 0.122. The molecule has 3 aliphatic heterocycles. The van der Waals surface area contributed by atoms with Crippen molar-refractivity contribution in [2.45, 2.75) is 133 Å². The topological polar surface area (TPSA) is 101 Å². The Labute approximate surface area is 362 Å². The summed E-state index contributed by atoms with van der Waals surface area (Å²) < 4.78 is 32.9. The average molecular weight is 879 g/mol. The lowest BCUT2D eigenvalue weighted by molar-refractivity contribution is -0.133. The van der Waals surface area contributed by atoms with Crippen molar-refractivity contribution in [3.8, 4) is 17.2 Å². The number of thioether (sulfide) groups is 1. The van der Waals surface area contributed by atoms with Crippen molar-refractivity contribution in [1.82, 2.24) is 19.4 Å². The van der Waals surface area contributed by atoms with E-state index in [4.69, 9.17) is 37.3 Å². The number of hydrogen-bond donors (Lipinski definition) is 0. The minimum absolute atomic E-state index is 0.00210. The number of ether oxygens (including phenoxy) is 1. The molecule has 2 aliphatic carbocycles. The van der Waals surface area contributed by atoms with Gasteiger partial charge in [-0.1, -0.05) is 56.1 Å². The van der Waals surface area contributed by atoms with E-state index in [9.17, 15) is 14.9 Å². The molecule has 5 aliphatic rings. The summed E-state index contributed by atoms with van der Waals surface area (Å²) in [4.78, 5) is 37.0. The second-order valence-electron chi connectivity index (χ2n) is 19.4. The van der Waals surface area contributed by atoms with Crippen LogP contribution in [0.5, 0.6) is 0 Å². The molecule has 5 heterocycles. The van der Waals surface area contributed by atoms with Crippen molar-refractivity contribution in [2.24, 2.45) is 11.8 Å². The van der Waals surface area contributed by atoms with Gasteiger partial charge in [0, 0.05) is 65.4 Å². The summed E-state index contributed by atoms with van der Waals surface area (Å²) in [5.41, 5.74) is 2.63. The highest BCUT2D eigenvalue weighted by molar-refractivity contribution is 7.98. The van der Waals surface area contributed by atoms with E-state index in [2.05, 4.69) is 55.5 Å². The maximum absolute atomic E-state index is 17.6. The SMILES string of the molecule is CSc1nc2c(F)c(-c3cccc(Cl)c3Cl)c(CCC#N)cc2c2c1cc([C@H]1C[C@@H](O[Si](C)(C)C(C)(C)C)CN1C(=O)C1CC1)n2[C@H]1[C@@H]2C[C@H]1N(C(=O)OC(C)(C)C)C2. The van der Waals surface area contributed by atoms with Gasteiger partial charge in [-0.25, -0.2) is 14.2 Å². The number of carbonyl (C=O) groups excluding carboxylic acids is 2. The molecule has 0 unspecified atom stereocenters. The predicted octanol–water partition coefficient (Wildman–Crippen LogP) is 11.7. The minimum atomic E-state index is -2.21.